The number of rotatable bonds is 9. The van der Waals surface area contributed by atoms with Crippen molar-refractivity contribution in [3.8, 4) is 5.75 Å². The smallest absolute Gasteiger partial charge is 0.250 e. The molecule has 0 aliphatic rings. The Balaban J connectivity index is 2.13. The van der Waals surface area contributed by atoms with Gasteiger partial charge in [-0.1, -0.05) is 24.3 Å². The minimum absolute atomic E-state index is 0.0476. The molecule has 0 aliphatic heterocycles. The van der Waals surface area contributed by atoms with Gasteiger partial charge >= 0.3 is 0 Å². The molecule has 152 valence electrons. The minimum atomic E-state index is -0.506. The van der Waals surface area contributed by atoms with Gasteiger partial charge in [0.05, 0.1) is 36.5 Å². The highest BCUT2D eigenvalue weighted by Crippen LogP contribution is 2.32. The Morgan fingerprint density at radius 2 is 2.00 bits per heavy atom. The summed E-state index contributed by atoms with van der Waals surface area (Å²) in [7, 11) is 5.19. The summed E-state index contributed by atoms with van der Waals surface area (Å²) in [5.41, 5.74) is 9.33. The van der Waals surface area contributed by atoms with Crippen LogP contribution in [0.1, 0.15) is 27.5 Å². The number of likely N-dealkylation sites (N-methyl/N-ethyl adjacent to an activating group) is 1. The zero-order valence-corrected chi connectivity index (χ0v) is 16.9. The number of methoxy groups -OCH3 is 2. The lowest BCUT2D eigenvalue weighted by molar-refractivity contribution is 0.100. The molecule has 29 heavy (non-hydrogen) atoms. The molecule has 4 N–H and O–H groups in total. The largest absolute Gasteiger partial charge is 0.497 e. The molecule has 1 heterocycles. The molecule has 0 saturated heterocycles. The Bertz CT molecular complexity index is 1010. The number of aromatic nitrogens is 1. The number of nitrogens with zero attached hydrogens (tertiary/aromatic N) is 1. The average Bonchev–Trinajstić information content (AvgIpc) is 2.74. The fourth-order valence-electron chi connectivity index (χ4n) is 3.39. The number of anilines is 1. The first-order chi connectivity index (χ1) is 14.1. The van der Waals surface area contributed by atoms with Crippen LogP contribution in [-0.4, -0.2) is 38.7 Å². The van der Waals surface area contributed by atoms with Crippen LogP contribution < -0.4 is 21.1 Å². The summed E-state index contributed by atoms with van der Waals surface area (Å²) in [5, 5.41) is 7.67. The average molecular weight is 394 g/mol. The molecule has 0 unspecified atom stereocenters. The van der Waals surface area contributed by atoms with Gasteiger partial charge in [-0.3, -0.25) is 9.78 Å². The molecule has 3 aromatic rings. The summed E-state index contributed by atoms with van der Waals surface area (Å²) >= 11 is 0. The van der Waals surface area contributed by atoms with E-state index in [1.54, 1.807) is 26.5 Å². The van der Waals surface area contributed by atoms with Gasteiger partial charge in [0, 0.05) is 30.8 Å². The third-order valence-corrected chi connectivity index (χ3v) is 4.76. The van der Waals surface area contributed by atoms with Gasteiger partial charge < -0.3 is 25.8 Å². The molecule has 0 radical (unpaired) electrons. The van der Waals surface area contributed by atoms with Gasteiger partial charge in [0.15, 0.2) is 0 Å². The Labute approximate surface area is 170 Å². The summed E-state index contributed by atoms with van der Waals surface area (Å²) in [6.07, 6.45) is 1.72. The molecule has 1 amide bonds. The standard InChI is InChI=1S/C22H26N4O3/c1-24-12-19(14-6-4-7-16(10-14)29-3)26-20-15(13-28-2)11-25-21-17(20)8-5-9-18(21)22(23)27/h4-11,19,24H,12-13H2,1-3H3,(H2,23,27)(H,25,26)/t19-/m1/s1. The molecule has 0 spiro atoms. The van der Waals surface area contributed by atoms with Crippen LogP contribution in [0.15, 0.2) is 48.7 Å². The fourth-order valence-corrected chi connectivity index (χ4v) is 3.39. The number of fused-ring (bicyclic) bond motifs is 1. The third-order valence-electron chi connectivity index (χ3n) is 4.76. The number of primary amides is 1. The lowest BCUT2D eigenvalue weighted by atomic mass is 10.0. The number of carbonyl (C=O) groups excluding carboxylic acids is 1. The zero-order chi connectivity index (χ0) is 20.8. The number of hydrogen-bond acceptors (Lipinski definition) is 6. The summed E-state index contributed by atoms with van der Waals surface area (Å²) in [5.74, 6) is 0.284. The number of amides is 1. The van der Waals surface area contributed by atoms with Crippen molar-refractivity contribution in [1.29, 1.82) is 0 Å². The van der Waals surface area contributed by atoms with E-state index in [1.165, 1.54) is 0 Å². The second-order valence-electron chi connectivity index (χ2n) is 6.69. The van der Waals surface area contributed by atoms with Crippen LogP contribution >= 0.6 is 0 Å². The van der Waals surface area contributed by atoms with E-state index in [-0.39, 0.29) is 6.04 Å². The Kier molecular flexibility index (Phi) is 6.64. The predicted molar refractivity (Wildman–Crippen MR) is 114 cm³/mol. The fraction of sp³-hybridized carbons (Fsp3) is 0.273. The summed E-state index contributed by atoms with van der Waals surface area (Å²) < 4.78 is 10.8. The highest BCUT2D eigenvalue weighted by atomic mass is 16.5. The lowest BCUT2D eigenvalue weighted by Gasteiger charge is -2.24. The first-order valence-electron chi connectivity index (χ1n) is 9.33. The van der Waals surface area contributed by atoms with E-state index >= 15 is 0 Å². The quantitative estimate of drug-likeness (QED) is 0.516. The molecule has 0 saturated carbocycles. The molecule has 7 nitrogen and oxygen atoms in total. The van der Waals surface area contributed by atoms with E-state index in [0.29, 0.717) is 24.2 Å². The number of hydrogen-bond donors (Lipinski definition) is 3. The Morgan fingerprint density at radius 3 is 2.69 bits per heavy atom. The maximum absolute atomic E-state index is 11.9. The zero-order valence-electron chi connectivity index (χ0n) is 16.9. The van der Waals surface area contributed by atoms with Gasteiger partial charge in [-0.15, -0.1) is 0 Å². The second-order valence-corrected chi connectivity index (χ2v) is 6.69. The van der Waals surface area contributed by atoms with E-state index in [2.05, 4.69) is 15.6 Å². The van der Waals surface area contributed by atoms with E-state index in [4.69, 9.17) is 15.2 Å². The predicted octanol–water partition coefficient (Wildman–Crippen LogP) is 2.86. The van der Waals surface area contributed by atoms with Crippen molar-refractivity contribution in [1.82, 2.24) is 10.3 Å². The molecular formula is C22H26N4O3. The topological polar surface area (TPSA) is 98.5 Å². The number of benzene rings is 2. The van der Waals surface area contributed by atoms with Crippen LogP contribution in [0.4, 0.5) is 5.69 Å². The van der Waals surface area contributed by atoms with E-state index in [9.17, 15) is 4.79 Å². The molecule has 7 heteroatoms. The Morgan fingerprint density at radius 1 is 1.21 bits per heavy atom. The molecule has 1 aromatic heterocycles. The minimum Gasteiger partial charge on any atom is -0.497 e. The molecule has 0 fully saturated rings. The maximum atomic E-state index is 11.9. The van der Waals surface area contributed by atoms with Crippen molar-refractivity contribution < 1.29 is 14.3 Å². The van der Waals surface area contributed by atoms with Gasteiger partial charge in [0.25, 0.3) is 5.91 Å². The highest BCUT2D eigenvalue weighted by Gasteiger charge is 2.18. The van der Waals surface area contributed by atoms with Crippen molar-refractivity contribution in [2.75, 3.05) is 33.1 Å². The van der Waals surface area contributed by atoms with E-state index in [0.717, 1.165) is 28.0 Å². The van der Waals surface area contributed by atoms with Gasteiger partial charge in [0.1, 0.15) is 5.75 Å². The number of carbonyl (C=O) groups is 1. The van der Waals surface area contributed by atoms with Crippen LogP contribution in [0.5, 0.6) is 5.75 Å². The van der Waals surface area contributed by atoms with Crippen LogP contribution in [0.25, 0.3) is 10.9 Å². The van der Waals surface area contributed by atoms with Crippen molar-refractivity contribution in [3.05, 3.63) is 65.4 Å². The third kappa shape index (κ3) is 4.47. The van der Waals surface area contributed by atoms with E-state index < -0.39 is 5.91 Å². The van der Waals surface area contributed by atoms with Crippen LogP contribution in [-0.2, 0) is 11.3 Å². The number of ether oxygens (including phenoxy) is 2. The normalized spacial score (nSPS) is 12.0. The molecule has 0 bridgehead atoms. The van der Waals surface area contributed by atoms with Crippen molar-refractivity contribution in [2.45, 2.75) is 12.6 Å². The van der Waals surface area contributed by atoms with Gasteiger partial charge in [-0.05, 0) is 30.8 Å². The number of nitrogens with two attached hydrogens (primary N) is 1. The summed E-state index contributed by atoms with van der Waals surface area (Å²) in [6, 6.07) is 13.3. The van der Waals surface area contributed by atoms with Crippen LogP contribution in [0.3, 0.4) is 0 Å². The van der Waals surface area contributed by atoms with Gasteiger partial charge in [-0.25, -0.2) is 0 Å². The lowest BCUT2D eigenvalue weighted by Crippen LogP contribution is -2.24. The number of pyridine rings is 1. The van der Waals surface area contributed by atoms with Gasteiger partial charge in [0.2, 0.25) is 0 Å². The van der Waals surface area contributed by atoms with Crippen molar-refractivity contribution >= 4 is 22.5 Å². The monoisotopic (exact) mass is 394 g/mol. The molecule has 1 atom stereocenters. The molecule has 2 aromatic carbocycles. The van der Waals surface area contributed by atoms with Crippen molar-refractivity contribution in [3.63, 3.8) is 0 Å². The summed E-state index contributed by atoms with van der Waals surface area (Å²) in [6.45, 7) is 1.06. The molecule has 3 rings (SSSR count). The highest BCUT2D eigenvalue weighted by molar-refractivity contribution is 6.08. The van der Waals surface area contributed by atoms with Crippen LogP contribution in [0.2, 0.25) is 0 Å². The Hall–Kier alpha value is -3.16. The first kappa shape index (κ1) is 20.6. The van der Waals surface area contributed by atoms with Gasteiger partial charge in [-0.2, -0.15) is 0 Å². The van der Waals surface area contributed by atoms with Crippen molar-refractivity contribution in [2.24, 2.45) is 5.73 Å². The SMILES string of the molecule is CNC[C@@H](Nc1c(COC)cnc2c(C(N)=O)cccc12)c1cccc(OC)c1. The second kappa shape index (κ2) is 9.36. The number of nitrogens with one attached hydrogen (secondary N) is 2. The number of para-hydroxylation sites is 1. The van der Waals surface area contributed by atoms with E-state index in [1.807, 2.05) is 43.4 Å². The van der Waals surface area contributed by atoms with Crippen LogP contribution in [0, 0.1) is 0 Å². The maximum Gasteiger partial charge on any atom is 0.250 e. The molecule has 0 aliphatic carbocycles. The first-order valence-corrected chi connectivity index (χ1v) is 9.33. The summed E-state index contributed by atoms with van der Waals surface area (Å²) in [4.78, 5) is 16.3. The molecular weight excluding hydrogens is 368 g/mol.